The van der Waals surface area contributed by atoms with E-state index in [0.717, 1.165) is 103 Å². The van der Waals surface area contributed by atoms with Gasteiger partial charge in [0.1, 0.15) is 6.61 Å². The van der Waals surface area contributed by atoms with Crippen molar-refractivity contribution in [3.8, 4) is 0 Å². The predicted molar refractivity (Wildman–Crippen MR) is 270 cm³/mol. The first-order valence-electron chi connectivity index (χ1n) is 26.1. The molecule has 0 N–H and O–H groups in total. The molecule has 0 aliphatic rings. The van der Waals surface area contributed by atoms with Gasteiger partial charge in [0.15, 0.2) is 6.10 Å². The van der Waals surface area contributed by atoms with Gasteiger partial charge >= 0.3 is 11.9 Å². The molecule has 1 atom stereocenters. The van der Waals surface area contributed by atoms with Gasteiger partial charge in [0.25, 0.3) is 0 Å². The smallest absolute Gasteiger partial charge is 0.306 e. The first-order valence-corrected chi connectivity index (χ1v) is 26.1. The molecule has 0 bridgehead atoms. The molecular weight excluding hydrogens is 765 g/mol. The monoisotopic (exact) mass is 863 g/mol. The van der Waals surface area contributed by atoms with Crippen molar-refractivity contribution in [3.05, 3.63) is 85.1 Å². The minimum absolute atomic E-state index is 0.0669. The van der Waals surface area contributed by atoms with E-state index in [9.17, 15) is 9.59 Å². The Morgan fingerprint density at radius 3 is 1.16 bits per heavy atom. The summed E-state index contributed by atoms with van der Waals surface area (Å²) >= 11 is 0. The Hall–Kier alpha value is -2.92. The van der Waals surface area contributed by atoms with E-state index < -0.39 is 6.10 Å². The second-order valence-electron chi connectivity index (χ2n) is 17.0. The highest BCUT2D eigenvalue weighted by Gasteiger charge is 2.17. The van der Waals surface area contributed by atoms with Gasteiger partial charge < -0.3 is 14.2 Å². The average Bonchev–Trinajstić information content (AvgIpc) is 3.27. The van der Waals surface area contributed by atoms with Crippen LogP contribution in [-0.4, -0.2) is 37.9 Å². The molecule has 0 aliphatic carbocycles. The van der Waals surface area contributed by atoms with Crippen LogP contribution in [-0.2, 0) is 23.8 Å². The molecule has 0 amide bonds. The SMILES string of the molecule is CC/C=C\C/C=C\C/C=C\C/C=C\CCCCCCCOCC(COC(=O)CCCCCCC/C=C\C/C=C\C/C=C\CC)OC(=O)CCCCCCCCCCCCCCC. The lowest BCUT2D eigenvalue weighted by Crippen LogP contribution is -2.30. The summed E-state index contributed by atoms with van der Waals surface area (Å²) in [6.45, 7) is 7.56. The molecular formula is C57H98O5. The zero-order chi connectivity index (χ0) is 44.9. The average molecular weight is 863 g/mol. The van der Waals surface area contributed by atoms with Crippen molar-refractivity contribution in [2.75, 3.05) is 19.8 Å². The third-order valence-electron chi connectivity index (χ3n) is 10.9. The molecule has 0 aromatic carbocycles. The number of rotatable bonds is 47. The molecule has 62 heavy (non-hydrogen) atoms. The van der Waals surface area contributed by atoms with E-state index in [1.54, 1.807) is 0 Å². The Bertz CT molecular complexity index is 1160. The molecule has 0 aromatic rings. The van der Waals surface area contributed by atoms with Crippen LogP contribution < -0.4 is 0 Å². The molecule has 0 fully saturated rings. The number of esters is 2. The summed E-state index contributed by atoms with van der Waals surface area (Å²) in [5, 5.41) is 0. The van der Waals surface area contributed by atoms with Crippen LogP contribution in [0.15, 0.2) is 85.1 Å². The summed E-state index contributed by atoms with van der Waals surface area (Å²) in [4.78, 5) is 25.4. The lowest BCUT2D eigenvalue weighted by atomic mass is 10.0. The fourth-order valence-corrected chi connectivity index (χ4v) is 7.10. The molecule has 0 aliphatic heterocycles. The molecule has 0 radical (unpaired) electrons. The van der Waals surface area contributed by atoms with Crippen LogP contribution in [0.1, 0.15) is 239 Å². The van der Waals surface area contributed by atoms with Crippen LogP contribution in [0.5, 0.6) is 0 Å². The van der Waals surface area contributed by atoms with Gasteiger partial charge in [-0.2, -0.15) is 0 Å². The van der Waals surface area contributed by atoms with Crippen LogP contribution in [0.2, 0.25) is 0 Å². The highest BCUT2D eigenvalue weighted by Crippen LogP contribution is 2.14. The highest BCUT2D eigenvalue weighted by molar-refractivity contribution is 5.70. The number of ether oxygens (including phenoxy) is 3. The maximum absolute atomic E-state index is 12.8. The van der Waals surface area contributed by atoms with Crippen LogP contribution in [0.4, 0.5) is 0 Å². The predicted octanol–water partition coefficient (Wildman–Crippen LogP) is 17.7. The van der Waals surface area contributed by atoms with Crippen molar-refractivity contribution < 1.29 is 23.8 Å². The zero-order valence-electron chi connectivity index (χ0n) is 40.9. The quantitative estimate of drug-likeness (QED) is 0.0346. The van der Waals surface area contributed by atoms with E-state index in [4.69, 9.17) is 14.2 Å². The molecule has 5 heteroatoms. The number of allylic oxidation sites excluding steroid dienone is 14. The second-order valence-corrected chi connectivity index (χ2v) is 17.0. The lowest BCUT2D eigenvalue weighted by molar-refractivity contribution is -0.163. The zero-order valence-corrected chi connectivity index (χ0v) is 40.9. The van der Waals surface area contributed by atoms with E-state index in [2.05, 4.69) is 106 Å². The number of carbonyl (C=O) groups is 2. The molecule has 0 aromatic heterocycles. The first-order chi connectivity index (χ1) is 30.6. The molecule has 0 heterocycles. The van der Waals surface area contributed by atoms with Gasteiger partial charge in [-0.3, -0.25) is 9.59 Å². The molecule has 5 nitrogen and oxygen atoms in total. The Labute approximate surface area is 384 Å². The number of hydrogen-bond donors (Lipinski definition) is 0. The summed E-state index contributed by atoms with van der Waals surface area (Å²) < 4.78 is 17.4. The molecule has 0 saturated carbocycles. The van der Waals surface area contributed by atoms with E-state index in [1.165, 1.54) is 103 Å². The Morgan fingerprint density at radius 2 is 0.726 bits per heavy atom. The van der Waals surface area contributed by atoms with Crippen LogP contribution in [0.25, 0.3) is 0 Å². The van der Waals surface area contributed by atoms with Gasteiger partial charge in [0.2, 0.25) is 0 Å². The summed E-state index contributed by atoms with van der Waals surface area (Å²) in [5.74, 6) is -0.425. The standard InChI is InChI=1S/C57H98O5/c1-4-7-10-13-16-19-22-25-27-28-29-31-34-37-40-43-46-49-52-60-53-55(62-57(59)51-48-45-42-39-36-32-24-21-18-15-12-9-6-3)54-61-56(58)50-47-44-41-38-35-33-30-26-23-20-17-14-11-8-5-2/h7-8,10-11,16-17,19-20,25-27,29-31,55H,4-6,9,12-15,18,21-24,28,32-54H2,1-3H3/b10-7-,11-8-,19-16-,20-17-,27-25-,30-26-,31-29-. The van der Waals surface area contributed by atoms with Gasteiger partial charge in [0, 0.05) is 19.4 Å². The minimum Gasteiger partial charge on any atom is -0.462 e. The fraction of sp³-hybridized carbons (Fsp3) is 0.719. The number of unbranched alkanes of at least 4 members (excludes halogenated alkanes) is 22. The molecule has 0 saturated heterocycles. The minimum atomic E-state index is -0.555. The topological polar surface area (TPSA) is 61.8 Å². The fourth-order valence-electron chi connectivity index (χ4n) is 7.10. The largest absolute Gasteiger partial charge is 0.462 e. The van der Waals surface area contributed by atoms with Crippen LogP contribution in [0, 0.1) is 0 Å². The van der Waals surface area contributed by atoms with E-state index in [-0.39, 0.29) is 25.2 Å². The molecule has 0 spiro atoms. The summed E-state index contributed by atoms with van der Waals surface area (Å²) in [5.41, 5.74) is 0. The second kappa shape index (κ2) is 52.4. The van der Waals surface area contributed by atoms with Crippen molar-refractivity contribution in [3.63, 3.8) is 0 Å². The highest BCUT2D eigenvalue weighted by atomic mass is 16.6. The third-order valence-corrected chi connectivity index (χ3v) is 10.9. The van der Waals surface area contributed by atoms with Crippen molar-refractivity contribution in [2.24, 2.45) is 0 Å². The van der Waals surface area contributed by atoms with Crippen molar-refractivity contribution in [1.82, 2.24) is 0 Å². The summed E-state index contributed by atoms with van der Waals surface area (Å²) in [6, 6.07) is 0. The van der Waals surface area contributed by atoms with E-state index in [0.29, 0.717) is 19.4 Å². The van der Waals surface area contributed by atoms with Gasteiger partial charge in [0.05, 0.1) is 6.61 Å². The first kappa shape index (κ1) is 59.1. The van der Waals surface area contributed by atoms with Crippen molar-refractivity contribution in [2.45, 2.75) is 245 Å². The number of carbonyl (C=O) groups excluding carboxylic acids is 2. The lowest BCUT2D eigenvalue weighted by Gasteiger charge is -2.18. The normalized spacial score (nSPS) is 12.9. The number of hydrogen-bond acceptors (Lipinski definition) is 5. The van der Waals surface area contributed by atoms with Gasteiger partial charge in [-0.05, 0) is 89.9 Å². The molecule has 1 unspecified atom stereocenters. The van der Waals surface area contributed by atoms with E-state index >= 15 is 0 Å². The Kier molecular flexibility index (Phi) is 50.0. The van der Waals surface area contributed by atoms with Crippen molar-refractivity contribution in [1.29, 1.82) is 0 Å². The van der Waals surface area contributed by atoms with Crippen molar-refractivity contribution >= 4 is 11.9 Å². The maximum Gasteiger partial charge on any atom is 0.306 e. The summed E-state index contributed by atoms with van der Waals surface area (Å²) in [6.07, 6.45) is 68.7. The molecule has 0 rings (SSSR count). The van der Waals surface area contributed by atoms with E-state index in [1.807, 2.05) is 0 Å². The third kappa shape index (κ3) is 49.7. The van der Waals surface area contributed by atoms with Crippen LogP contribution >= 0.6 is 0 Å². The van der Waals surface area contributed by atoms with Gasteiger partial charge in [-0.1, -0.05) is 221 Å². The Balaban J connectivity index is 4.33. The van der Waals surface area contributed by atoms with Gasteiger partial charge in [-0.15, -0.1) is 0 Å². The van der Waals surface area contributed by atoms with Gasteiger partial charge in [-0.25, -0.2) is 0 Å². The molecule has 356 valence electrons. The maximum atomic E-state index is 12.8. The van der Waals surface area contributed by atoms with Crippen LogP contribution in [0.3, 0.4) is 0 Å². The Morgan fingerprint density at radius 1 is 0.371 bits per heavy atom. The summed E-state index contributed by atoms with van der Waals surface area (Å²) in [7, 11) is 0.